The maximum Gasteiger partial charge on any atom is 0.410 e. The third-order valence-corrected chi connectivity index (χ3v) is 6.68. The minimum Gasteiger partial charge on any atom is -0.444 e. The zero-order valence-electron chi connectivity index (χ0n) is 19.4. The topological polar surface area (TPSA) is 82.2 Å². The number of nitrogens with zero attached hydrogens (tertiary/aromatic N) is 3. The molecule has 30 heavy (non-hydrogen) atoms. The number of amides is 4. The van der Waals surface area contributed by atoms with E-state index in [0.29, 0.717) is 44.9 Å². The quantitative estimate of drug-likeness (QED) is 0.692. The first-order valence-electron chi connectivity index (χ1n) is 11.2. The SMILES string of the molecule is CC(C)(C)OC(=O)N1CCN(CN2C(=O)NC3(CCC(C(C)(C)C)CC3)C2=O)CC1. The van der Waals surface area contributed by atoms with E-state index in [2.05, 4.69) is 31.0 Å². The average molecular weight is 423 g/mol. The average Bonchev–Trinajstić information content (AvgIpc) is 2.84. The van der Waals surface area contributed by atoms with E-state index in [1.807, 2.05) is 20.8 Å². The molecule has 3 rings (SSSR count). The molecule has 0 aromatic carbocycles. The van der Waals surface area contributed by atoms with Gasteiger partial charge in [0.25, 0.3) is 5.91 Å². The Morgan fingerprint density at radius 2 is 1.60 bits per heavy atom. The molecule has 0 atom stereocenters. The molecule has 2 aliphatic heterocycles. The fourth-order valence-electron chi connectivity index (χ4n) is 4.72. The second-order valence-corrected chi connectivity index (χ2v) is 11.1. The summed E-state index contributed by atoms with van der Waals surface area (Å²) in [6.07, 6.45) is 3.02. The molecule has 3 aliphatic rings. The van der Waals surface area contributed by atoms with E-state index in [1.54, 1.807) is 4.90 Å². The molecule has 4 amide bonds. The maximum atomic E-state index is 13.2. The number of hydrogen-bond acceptors (Lipinski definition) is 5. The first-order chi connectivity index (χ1) is 13.8. The Balaban J connectivity index is 1.53. The van der Waals surface area contributed by atoms with E-state index < -0.39 is 11.1 Å². The summed E-state index contributed by atoms with van der Waals surface area (Å²) in [5.74, 6) is 0.484. The highest BCUT2D eigenvalue weighted by Gasteiger charge is 2.53. The van der Waals surface area contributed by atoms with Crippen molar-refractivity contribution in [1.29, 1.82) is 0 Å². The summed E-state index contributed by atoms with van der Waals surface area (Å²) in [5.41, 5.74) is -1.02. The summed E-state index contributed by atoms with van der Waals surface area (Å²) in [6.45, 7) is 14.8. The van der Waals surface area contributed by atoms with Crippen LogP contribution in [-0.2, 0) is 9.53 Å². The van der Waals surface area contributed by atoms with Gasteiger partial charge in [0.15, 0.2) is 0 Å². The Morgan fingerprint density at radius 3 is 2.10 bits per heavy atom. The lowest BCUT2D eigenvalue weighted by molar-refractivity contribution is -0.134. The lowest BCUT2D eigenvalue weighted by Gasteiger charge is -2.41. The first-order valence-corrected chi connectivity index (χ1v) is 11.2. The van der Waals surface area contributed by atoms with Crippen molar-refractivity contribution in [3.8, 4) is 0 Å². The number of hydrogen-bond donors (Lipinski definition) is 1. The zero-order chi connectivity index (χ0) is 22.3. The molecular weight excluding hydrogens is 384 g/mol. The van der Waals surface area contributed by atoms with Crippen molar-refractivity contribution in [3.63, 3.8) is 0 Å². The Bertz CT molecular complexity index is 678. The molecule has 0 bridgehead atoms. The van der Waals surface area contributed by atoms with E-state index in [1.165, 1.54) is 4.90 Å². The Labute approximate surface area is 180 Å². The van der Waals surface area contributed by atoms with E-state index >= 15 is 0 Å². The van der Waals surface area contributed by atoms with Crippen LogP contribution in [0.4, 0.5) is 9.59 Å². The lowest BCUT2D eigenvalue weighted by atomic mass is 9.67. The summed E-state index contributed by atoms with van der Waals surface area (Å²) in [4.78, 5) is 43.1. The van der Waals surface area contributed by atoms with E-state index in [0.717, 1.165) is 12.8 Å². The Kier molecular flexibility index (Phi) is 6.11. The van der Waals surface area contributed by atoms with Crippen LogP contribution in [0.2, 0.25) is 0 Å². The van der Waals surface area contributed by atoms with Gasteiger partial charge in [-0.15, -0.1) is 0 Å². The van der Waals surface area contributed by atoms with Crippen molar-refractivity contribution in [1.82, 2.24) is 20.0 Å². The van der Waals surface area contributed by atoms with Gasteiger partial charge in [-0.1, -0.05) is 20.8 Å². The molecular formula is C22H38N4O4. The lowest BCUT2D eigenvalue weighted by Crippen LogP contribution is -2.54. The molecule has 0 aromatic rings. The highest BCUT2D eigenvalue weighted by Crippen LogP contribution is 2.43. The summed E-state index contributed by atoms with van der Waals surface area (Å²) in [5, 5.41) is 3.01. The number of carbonyl (C=O) groups excluding carboxylic acids is 3. The molecule has 1 saturated carbocycles. The number of nitrogens with one attached hydrogen (secondary N) is 1. The molecule has 0 radical (unpaired) electrons. The maximum absolute atomic E-state index is 13.2. The van der Waals surface area contributed by atoms with Gasteiger partial charge in [0, 0.05) is 26.2 Å². The number of piperazine rings is 1. The van der Waals surface area contributed by atoms with Gasteiger partial charge >= 0.3 is 12.1 Å². The van der Waals surface area contributed by atoms with Crippen molar-refractivity contribution in [2.75, 3.05) is 32.8 Å². The molecule has 0 aromatic heterocycles. The van der Waals surface area contributed by atoms with Gasteiger partial charge in [0.2, 0.25) is 0 Å². The van der Waals surface area contributed by atoms with Crippen LogP contribution in [0.25, 0.3) is 0 Å². The van der Waals surface area contributed by atoms with Crippen LogP contribution < -0.4 is 5.32 Å². The monoisotopic (exact) mass is 422 g/mol. The number of rotatable bonds is 2. The van der Waals surface area contributed by atoms with Gasteiger partial charge in [0.1, 0.15) is 11.1 Å². The minimum atomic E-state index is -0.725. The third kappa shape index (κ3) is 4.90. The number of carbonyl (C=O) groups is 3. The van der Waals surface area contributed by atoms with Gasteiger partial charge in [0.05, 0.1) is 6.67 Å². The summed E-state index contributed by atoms with van der Waals surface area (Å²) in [7, 11) is 0. The fraction of sp³-hybridized carbons (Fsp3) is 0.864. The minimum absolute atomic E-state index is 0.0885. The van der Waals surface area contributed by atoms with Crippen molar-refractivity contribution in [3.05, 3.63) is 0 Å². The molecule has 8 nitrogen and oxygen atoms in total. The molecule has 2 heterocycles. The summed E-state index contributed by atoms with van der Waals surface area (Å²) >= 11 is 0. The normalized spacial score (nSPS) is 28.8. The van der Waals surface area contributed by atoms with Gasteiger partial charge in [-0.3, -0.25) is 9.69 Å². The Hall–Kier alpha value is -1.83. The van der Waals surface area contributed by atoms with Gasteiger partial charge in [-0.05, 0) is 57.8 Å². The zero-order valence-corrected chi connectivity index (χ0v) is 19.4. The van der Waals surface area contributed by atoms with Crippen molar-refractivity contribution < 1.29 is 19.1 Å². The number of imide groups is 1. The number of urea groups is 1. The first kappa shape index (κ1) is 22.8. The van der Waals surface area contributed by atoms with Crippen molar-refractivity contribution >= 4 is 18.0 Å². The van der Waals surface area contributed by atoms with Crippen molar-refractivity contribution in [2.45, 2.75) is 78.4 Å². The summed E-state index contributed by atoms with van der Waals surface area (Å²) < 4.78 is 5.43. The van der Waals surface area contributed by atoms with Crippen LogP contribution in [0, 0.1) is 11.3 Å². The second-order valence-electron chi connectivity index (χ2n) is 11.1. The molecule has 0 unspecified atom stereocenters. The van der Waals surface area contributed by atoms with Gasteiger partial charge in [-0.25, -0.2) is 14.5 Å². The van der Waals surface area contributed by atoms with Crippen LogP contribution in [-0.4, -0.2) is 76.7 Å². The molecule has 2 saturated heterocycles. The van der Waals surface area contributed by atoms with Crippen LogP contribution in [0.1, 0.15) is 67.2 Å². The third-order valence-electron chi connectivity index (χ3n) is 6.68. The molecule has 1 N–H and O–H groups in total. The van der Waals surface area contributed by atoms with Crippen LogP contribution >= 0.6 is 0 Å². The molecule has 3 fully saturated rings. The predicted molar refractivity (Wildman–Crippen MR) is 114 cm³/mol. The smallest absolute Gasteiger partial charge is 0.410 e. The fourth-order valence-corrected chi connectivity index (χ4v) is 4.72. The number of ether oxygens (including phenoxy) is 1. The Morgan fingerprint density at radius 1 is 1.03 bits per heavy atom. The predicted octanol–water partition coefficient (Wildman–Crippen LogP) is 3.02. The van der Waals surface area contributed by atoms with Crippen LogP contribution in [0.5, 0.6) is 0 Å². The van der Waals surface area contributed by atoms with E-state index in [4.69, 9.17) is 4.74 Å². The summed E-state index contributed by atoms with van der Waals surface area (Å²) in [6, 6.07) is -0.288. The largest absolute Gasteiger partial charge is 0.444 e. The molecule has 1 spiro atoms. The molecule has 8 heteroatoms. The standard InChI is InChI=1S/C22H38N4O4/c1-20(2,3)16-7-9-22(10-8-16)17(27)26(18(28)23-22)15-24-11-13-25(14-12-24)19(29)30-21(4,5)6/h16H,7-15H2,1-6H3,(H,23,28). The van der Waals surface area contributed by atoms with Crippen LogP contribution in [0.15, 0.2) is 0 Å². The van der Waals surface area contributed by atoms with Crippen LogP contribution in [0.3, 0.4) is 0 Å². The molecule has 170 valence electrons. The van der Waals surface area contributed by atoms with E-state index in [9.17, 15) is 14.4 Å². The van der Waals surface area contributed by atoms with Gasteiger partial charge < -0.3 is 15.0 Å². The highest BCUT2D eigenvalue weighted by atomic mass is 16.6. The van der Waals surface area contributed by atoms with E-state index in [-0.39, 0.29) is 30.1 Å². The molecule has 1 aliphatic carbocycles. The highest BCUT2D eigenvalue weighted by molar-refractivity contribution is 6.07. The second kappa shape index (κ2) is 8.02. The van der Waals surface area contributed by atoms with Gasteiger partial charge in [-0.2, -0.15) is 0 Å². The van der Waals surface area contributed by atoms with Crippen molar-refractivity contribution in [2.24, 2.45) is 11.3 Å².